The second-order valence-corrected chi connectivity index (χ2v) is 5.81. The van der Waals surface area contributed by atoms with Crippen LogP contribution in [0.2, 0.25) is 5.02 Å². The first kappa shape index (κ1) is 14.2. The van der Waals surface area contributed by atoms with Crippen molar-refractivity contribution in [3.63, 3.8) is 0 Å². The summed E-state index contributed by atoms with van der Waals surface area (Å²) < 4.78 is 13.3. The van der Waals surface area contributed by atoms with Crippen LogP contribution < -0.4 is 10.2 Å². The number of hydrogen-bond acceptors (Lipinski definition) is 2. The third-order valence-corrected chi connectivity index (χ3v) is 3.95. The van der Waals surface area contributed by atoms with Crippen LogP contribution in [0.5, 0.6) is 0 Å². The molecule has 0 saturated carbocycles. The second kappa shape index (κ2) is 6.35. The minimum absolute atomic E-state index is 0.301. The third kappa shape index (κ3) is 3.67. The highest BCUT2D eigenvalue weighted by Crippen LogP contribution is 2.24. The standard InChI is InChI=1S/C17H18ClFN2/c18-14-8-13(9-15(19)10-14)12-20-16-4-3-5-17(11-16)21-6-1-2-7-21/h3-5,8-11,20H,1-2,6-7,12H2. The molecule has 0 radical (unpaired) electrons. The van der Waals surface area contributed by atoms with Gasteiger partial charge in [-0.2, -0.15) is 0 Å². The van der Waals surface area contributed by atoms with Crippen LogP contribution in [-0.2, 0) is 6.54 Å². The monoisotopic (exact) mass is 304 g/mol. The van der Waals surface area contributed by atoms with Crippen molar-refractivity contribution in [3.05, 3.63) is 58.9 Å². The maximum Gasteiger partial charge on any atom is 0.125 e. The van der Waals surface area contributed by atoms with E-state index in [0.29, 0.717) is 11.6 Å². The van der Waals surface area contributed by atoms with Gasteiger partial charge in [-0.1, -0.05) is 17.7 Å². The van der Waals surface area contributed by atoms with Crippen LogP contribution in [0.25, 0.3) is 0 Å². The van der Waals surface area contributed by atoms with E-state index >= 15 is 0 Å². The topological polar surface area (TPSA) is 15.3 Å². The Morgan fingerprint density at radius 2 is 1.90 bits per heavy atom. The molecule has 1 fully saturated rings. The molecule has 0 unspecified atom stereocenters. The molecule has 0 aromatic heterocycles. The summed E-state index contributed by atoms with van der Waals surface area (Å²) in [5, 5.41) is 3.76. The molecule has 110 valence electrons. The minimum atomic E-state index is -0.301. The highest BCUT2D eigenvalue weighted by Gasteiger charge is 2.12. The summed E-state index contributed by atoms with van der Waals surface area (Å²) in [7, 11) is 0. The number of nitrogens with one attached hydrogen (secondary N) is 1. The largest absolute Gasteiger partial charge is 0.381 e. The molecule has 2 aromatic rings. The summed E-state index contributed by atoms with van der Waals surface area (Å²) >= 11 is 5.87. The zero-order chi connectivity index (χ0) is 14.7. The number of hydrogen-bond donors (Lipinski definition) is 1. The molecule has 1 N–H and O–H groups in total. The lowest BCUT2D eigenvalue weighted by molar-refractivity contribution is 0.626. The molecular formula is C17H18ClFN2. The lowest BCUT2D eigenvalue weighted by Crippen LogP contribution is -2.17. The van der Waals surface area contributed by atoms with Gasteiger partial charge in [-0.25, -0.2) is 4.39 Å². The van der Waals surface area contributed by atoms with Gasteiger partial charge in [0.2, 0.25) is 0 Å². The van der Waals surface area contributed by atoms with E-state index in [1.807, 2.05) is 6.07 Å². The molecule has 2 aromatic carbocycles. The Morgan fingerprint density at radius 3 is 2.67 bits per heavy atom. The van der Waals surface area contributed by atoms with E-state index in [1.165, 1.54) is 30.7 Å². The Morgan fingerprint density at radius 1 is 1.10 bits per heavy atom. The zero-order valence-corrected chi connectivity index (χ0v) is 12.5. The number of nitrogens with zero attached hydrogens (tertiary/aromatic N) is 1. The molecule has 0 aliphatic carbocycles. The summed E-state index contributed by atoms with van der Waals surface area (Å²) in [4.78, 5) is 2.39. The van der Waals surface area contributed by atoms with Gasteiger partial charge in [0.1, 0.15) is 5.82 Å². The fraction of sp³-hybridized carbons (Fsp3) is 0.294. The lowest BCUT2D eigenvalue weighted by Gasteiger charge is -2.18. The van der Waals surface area contributed by atoms with E-state index in [9.17, 15) is 4.39 Å². The Hall–Kier alpha value is -1.74. The van der Waals surface area contributed by atoms with Crippen molar-refractivity contribution < 1.29 is 4.39 Å². The first-order chi connectivity index (χ1) is 10.2. The van der Waals surface area contributed by atoms with E-state index in [4.69, 9.17) is 11.6 Å². The van der Waals surface area contributed by atoms with Gasteiger partial charge in [0.05, 0.1) is 0 Å². The average Bonchev–Trinajstić information content (AvgIpc) is 2.99. The molecule has 4 heteroatoms. The molecule has 2 nitrogen and oxygen atoms in total. The van der Waals surface area contributed by atoms with E-state index in [0.717, 1.165) is 24.3 Å². The van der Waals surface area contributed by atoms with E-state index in [2.05, 4.69) is 28.4 Å². The molecule has 21 heavy (non-hydrogen) atoms. The highest BCUT2D eigenvalue weighted by molar-refractivity contribution is 6.30. The van der Waals surface area contributed by atoms with Gasteiger partial charge < -0.3 is 10.2 Å². The molecule has 0 atom stereocenters. The number of benzene rings is 2. The van der Waals surface area contributed by atoms with Crippen molar-refractivity contribution in [2.45, 2.75) is 19.4 Å². The van der Waals surface area contributed by atoms with Crippen molar-refractivity contribution in [3.8, 4) is 0 Å². The molecule has 0 spiro atoms. The summed E-state index contributed by atoms with van der Waals surface area (Å²) in [5.74, 6) is -0.301. The Labute approximate surface area is 129 Å². The predicted octanol–water partition coefficient (Wildman–Crippen LogP) is 4.69. The second-order valence-electron chi connectivity index (χ2n) is 5.38. The molecular weight excluding hydrogens is 287 g/mol. The average molecular weight is 305 g/mol. The Kier molecular flexibility index (Phi) is 4.30. The van der Waals surface area contributed by atoms with Gasteiger partial charge in [0.15, 0.2) is 0 Å². The van der Waals surface area contributed by atoms with E-state index in [1.54, 1.807) is 6.07 Å². The maximum atomic E-state index is 13.3. The zero-order valence-electron chi connectivity index (χ0n) is 11.8. The summed E-state index contributed by atoms with van der Waals surface area (Å²) in [5.41, 5.74) is 3.13. The predicted molar refractivity (Wildman–Crippen MR) is 86.6 cm³/mol. The van der Waals surface area contributed by atoms with Gasteiger partial charge in [0.25, 0.3) is 0 Å². The van der Waals surface area contributed by atoms with Crippen LogP contribution in [0.3, 0.4) is 0 Å². The van der Waals surface area contributed by atoms with Crippen LogP contribution in [-0.4, -0.2) is 13.1 Å². The fourth-order valence-corrected chi connectivity index (χ4v) is 2.95. The lowest BCUT2D eigenvalue weighted by atomic mass is 10.2. The normalized spacial score (nSPS) is 14.5. The van der Waals surface area contributed by atoms with Gasteiger partial charge in [-0.15, -0.1) is 0 Å². The quantitative estimate of drug-likeness (QED) is 0.881. The first-order valence-electron chi connectivity index (χ1n) is 7.24. The summed E-state index contributed by atoms with van der Waals surface area (Å²) in [6.45, 7) is 2.81. The number of rotatable bonds is 4. The van der Waals surface area contributed by atoms with Crippen molar-refractivity contribution in [1.29, 1.82) is 0 Å². The van der Waals surface area contributed by atoms with Crippen LogP contribution in [0.15, 0.2) is 42.5 Å². The number of anilines is 2. The smallest absolute Gasteiger partial charge is 0.125 e. The molecule has 1 heterocycles. The summed E-state index contributed by atoms with van der Waals surface area (Å²) in [6.07, 6.45) is 2.53. The van der Waals surface area contributed by atoms with Crippen molar-refractivity contribution in [2.24, 2.45) is 0 Å². The molecule has 3 rings (SSSR count). The van der Waals surface area contributed by atoms with Gasteiger partial charge in [-0.3, -0.25) is 0 Å². The van der Waals surface area contributed by atoms with Crippen LogP contribution >= 0.6 is 11.6 Å². The summed E-state index contributed by atoms with van der Waals surface area (Å²) in [6, 6.07) is 13.0. The molecule has 1 aliphatic heterocycles. The SMILES string of the molecule is Fc1cc(Cl)cc(CNc2cccc(N3CCCC3)c2)c1. The fourth-order valence-electron chi connectivity index (χ4n) is 2.71. The van der Waals surface area contributed by atoms with E-state index in [-0.39, 0.29) is 5.82 Å². The minimum Gasteiger partial charge on any atom is -0.381 e. The van der Waals surface area contributed by atoms with Gasteiger partial charge in [-0.05, 0) is 54.8 Å². The van der Waals surface area contributed by atoms with Crippen molar-refractivity contribution in [1.82, 2.24) is 0 Å². The van der Waals surface area contributed by atoms with Crippen LogP contribution in [0.4, 0.5) is 15.8 Å². The molecule has 0 amide bonds. The van der Waals surface area contributed by atoms with E-state index < -0.39 is 0 Å². The van der Waals surface area contributed by atoms with Crippen molar-refractivity contribution >= 4 is 23.0 Å². The Bertz CT molecular complexity index is 604. The maximum absolute atomic E-state index is 13.3. The molecule has 1 aliphatic rings. The first-order valence-corrected chi connectivity index (χ1v) is 7.62. The highest BCUT2D eigenvalue weighted by atomic mass is 35.5. The molecule has 0 bridgehead atoms. The van der Waals surface area contributed by atoms with Crippen LogP contribution in [0, 0.1) is 5.82 Å². The molecule has 1 saturated heterocycles. The van der Waals surface area contributed by atoms with Crippen molar-refractivity contribution in [2.75, 3.05) is 23.3 Å². The Balaban J connectivity index is 1.68. The van der Waals surface area contributed by atoms with Gasteiger partial charge >= 0.3 is 0 Å². The number of halogens is 2. The van der Waals surface area contributed by atoms with Gasteiger partial charge in [0, 0.05) is 36.0 Å². The van der Waals surface area contributed by atoms with Crippen LogP contribution in [0.1, 0.15) is 18.4 Å². The third-order valence-electron chi connectivity index (χ3n) is 3.74.